The van der Waals surface area contributed by atoms with Crippen LogP contribution in [0, 0.1) is 0 Å². The van der Waals surface area contributed by atoms with E-state index in [0.29, 0.717) is 30.9 Å². The Labute approximate surface area is 96.8 Å². The normalized spacial score (nSPS) is 20.2. The fraction of sp³-hybridized carbons (Fsp3) is 0.750. The summed E-state index contributed by atoms with van der Waals surface area (Å²) in [4.78, 5) is 11.7. The Morgan fingerprint density at radius 2 is 2.25 bits per heavy atom. The second-order valence-electron chi connectivity index (χ2n) is 3.91. The summed E-state index contributed by atoms with van der Waals surface area (Å²) >= 11 is 0. The van der Waals surface area contributed by atoms with Crippen LogP contribution in [0.25, 0.3) is 0 Å². The van der Waals surface area contributed by atoms with Crippen LogP contribution in [0.15, 0.2) is 11.3 Å². The van der Waals surface area contributed by atoms with Gasteiger partial charge in [-0.2, -0.15) is 0 Å². The van der Waals surface area contributed by atoms with E-state index < -0.39 is 0 Å². The lowest BCUT2D eigenvalue weighted by molar-refractivity contribution is -0.139. The summed E-state index contributed by atoms with van der Waals surface area (Å²) in [5.41, 5.74) is 7.03. The maximum absolute atomic E-state index is 11.7. The molecule has 92 valence electrons. The zero-order valence-electron chi connectivity index (χ0n) is 10.1. The van der Waals surface area contributed by atoms with Gasteiger partial charge in [-0.15, -0.1) is 0 Å². The summed E-state index contributed by atoms with van der Waals surface area (Å²) in [7, 11) is 0. The second kappa shape index (κ2) is 6.53. The van der Waals surface area contributed by atoms with Crippen molar-refractivity contribution in [3.8, 4) is 0 Å². The molecule has 1 aliphatic carbocycles. The van der Waals surface area contributed by atoms with Crippen LogP contribution in [0.1, 0.15) is 39.5 Å². The molecule has 1 unspecified atom stereocenters. The highest BCUT2D eigenvalue weighted by atomic mass is 16.5. The molecule has 4 nitrogen and oxygen atoms in total. The summed E-state index contributed by atoms with van der Waals surface area (Å²) in [5.74, 6) is -0.270. The van der Waals surface area contributed by atoms with Crippen LogP contribution in [-0.4, -0.2) is 25.3 Å². The highest BCUT2D eigenvalue weighted by molar-refractivity contribution is 5.90. The topological polar surface area (TPSA) is 61.5 Å². The second-order valence-corrected chi connectivity index (χ2v) is 3.91. The smallest absolute Gasteiger partial charge is 0.335 e. The van der Waals surface area contributed by atoms with Crippen LogP contribution in [0.5, 0.6) is 0 Å². The first-order valence-corrected chi connectivity index (χ1v) is 5.97. The molecule has 16 heavy (non-hydrogen) atoms. The summed E-state index contributed by atoms with van der Waals surface area (Å²) in [6, 6.07) is 0. The van der Waals surface area contributed by atoms with Gasteiger partial charge >= 0.3 is 5.97 Å². The molecule has 0 heterocycles. The monoisotopic (exact) mass is 227 g/mol. The Morgan fingerprint density at radius 1 is 1.50 bits per heavy atom. The minimum atomic E-state index is -0.270. The summed E-state index contributed by atoms with van der Waals surface area (Å²) in [6.07, 6.45) is 3.27. The fourth-order valence-corrected chi connectivity index (χ4v) is 1.76. The van der Waals surface area contributed by atoms with Gasteiger partial charge in [0.2, 0.25) is 0 Å². The molecule has 0 saturated heterocycles. The maximum atomic E-state index is 11.7. The highest BCUT2D eigenvalue weighted by Crippen LogP contribution is 2.26. The Hall–Kier alpha value is -1.03. The largest absolute Gasteiger partial charge is 0.462 e. The van der Waals surface area contributed by atoms with E-state index in [4.69, 9.17) is 15.2 Å². The third-order valence-electron chi connectivity index (χ3n) is 2.70. The molecule has 1 rings (SSSR count). The van der Waals surface area contributed by atoms with Crippen LogP contribution in [0.4, 0.5) is 0 Å². The van der Waals surface area contributed by atoms with Crippen LogP contribution in [0.2, 0.25) is 0 Å². The number of ether oxygens (including phenoxy) is 2. The summed E-state index contributed by atoms with van der Waals surface area (Å²) in [6.45, 7) is 5.07. The van der Waals surface area contributed by atoms with Crippen molar-refractivity contribution in [1.29, 1.82) is 0 Å². The van der Waals surface area contributed by atoms with Crippen molar-refractivity contribution in [2.75, 3.05) is 13.2 Å². The zero-order chi connectivity index (χ0) is 12.0. The molecule has 1 atom stereocenters. The molecule has 0 aliphatic heterocycles. The van der Waals surface area contributed by atoms with E-state index in [1.807, 2.05) is 6.92 Å². The van der Waals surface area contributed by atoms with Gasteiger partial charge in [-0.1, -0.05) is 13.3 Å². The van der Waals surface area contributed by atoms with Crippen molar-refractivity contribution in [1.82, 2.24) is 0 Å². The number of hydrogen-bond acceptors (Lipinski definition) is 4. The number of unbranched alkanes of at least 4 members (excludes halogenated alkanes) is 1. The SMILES string of the molecule is CCCCOC(=O)C1=C(N)C(OCC)CC1. The quantitative estimate of drug-likeness (QED) is 0.554. The summed E-state index contributed by atoms with van der Waals surface area (Å²) < 4.78 is 10.6. The molecule has 0 fully saturated rings. The van der Waals surface area contributed by atoms with Crippen LogP contribution in [0.3, 0.4) is 0 Å². The van der Waals surface area contributed by atoms with E-state index >= 15 is 0 Å². The first-order chi connectivity index (χ1) is 7.70. The Bertz CT molecular complexity index is 273. The highest BCUT2D eigenvalue weighted by Gasteiger charge is 2.28. The lowest BCUT2D eigenvalue weighted by Crippen LogP contribution is -2.19. The number of hydrogen-bond donors (Lipinski definition) is 1. The number of rotatable bonds is 6. The minimum Gasteiger partial charge on any atom is -0.462 e. The van der Waals surface area contributed by atoms with E-state index in [2.05, 4.69) is 6.92 Å². The van der Waals surface area contributed by atoms with E-state index in [1.165, 1.54) is 0 Å². The molecular weight excluding hydrogens is 206 g/mol. The van der Waals surface area contributed by atoms with Gasteiger partial charge in [-0.25, -0.2) is 4.79 Å². The molecule has 0 bridgehead atoms. The predicted molar refractivity (Wildman–Crippen MR) is 61.7 cm³/mol. The molecule has 0 radical (unpaired) electrons. The van der Waals surface area contributed by atoms with E-state index in [-0.39, 0.29) is 12.1 Å². The number of carbonyl (C=O) groups excluding carboxylic acids is 1. The van der Waals surface area contributed by atoms with E-state index in [9.17, 15) is 4.79 Å². The molecular formula is C12H21NO3. The molecule has 0 spiro atoms. The zero-order valence-corrected chi connectivity index (χ0v) is 10.1. The Morgan fingerprint density at radius 3 is 2.88 bits per heavy atom. The van der Waals surface area contributed by atoms with Crippen molar-refractivity contribution in [2.24, 2.45) is 5.73 Å². The van der Waals surface area contributed by atoms with Gasteiger partial charge in [0.1, 0.15) is 0 Å². The van der Waals surface area contributed by atoms with Gasteiger partial charge in [0, 0.05) is 12.3 Å². The summed E-state index contributed by atoms with van der Waals surface area (Å²) in [5, 5.41) is 0. The van der Waals surface area contributed by atoms with Crippen LogP contribution >= 0.6 is 0 Å². The molecule has 0 aromatic carbocycles. The van der Waals surface area contributed by atoms with Gasteiger partial charge < -0.3 is 15.2 Å². The lowest BCUT2D eigenvalue weighted by Gasteiger charge is -2.11. The Kier molecular flexibility index (Phi) is 5.32. The average Bonchev–Trinajstić information content (AvgIpc) is 2.62. The van der Waals surface area contributed by atoms with Crippen molar-refractivity contribution in [3.05, 3.63) is 11.3 Å². The van der Waals surface area contributed by atoms with Gasteiger partial charge in [0.25, 0.3) is 0 Å². The van der Waals surface area contributed by atoms with Crippen molar-refractivity contribution < 1.29 is 14.3 Å². The molecule has 0 amide bonds. The number of carbonyl (C=O) groups is 1. The van der Waals surface area contributed by atoms with E-state index in [1.54, 1.807) is 0 Å². The molecule has 0 saturated carbocycles. The maximum Gasteiger partial charge on any atom is 0.335 e. The minimum absolute atomic E-state index is 0.0984. The lowest BCUT2D eigenvalue weighted by atomic mass is 10.2. The fourth-order valence-electron chi connectivity index (χ4n) is 1.76. The third-order valence-corrected chi connectivity index (χ3v) is 2.70. The predicted octanol–water partition coefficient (Wildman–Crippen LogP) is 1.74. The number of nitrogens with two attached hydrogens (primary N) is 1. The van der Waals surface area contributed by atoms with Crippen molar-refractivity contribution in [3.63, 3.8) is 0 Å². The van der Waals surface area contributed by atoms with Gasteiger partial charge in [0.15, 0.2) is 0 Å². The van der Waals surface area contributed by atoms with Crippen LogP contribution < -0.4 is 5.73 Å². The van der Waals surface area contributed by atoms with Crippen molar-refractivity contribution in [2.45, 2.75) is 45.6 Å². The molecule has 1 aliphatic rings. The molecule has 0 aromatic heterocycles. The molecule has 0 aromatic rings. The third kappa shape index (κ3) is 3.23. The molecule has 4 heteroatoms. The van der Waals surface area contributed by atoms with Crippen LogP contribution in [-0.2, 0) is 14.3 Å². The first kappa shape index (κ1) is 13.0. The number of esters is 1. The Balaban J connectivity index is 2.49. The average molecular weight is 227 g/mol. The van der Waals surface area contributed by atoms with Crippen molar-refractivity contribution >= 4 is 5.97 Å². The molecule has 2 N–H and O–H groups in total. The van der Waals surface area contributed by atoms with E-state index in [0.717, 1.165) is 19.3 Å². The first-order valence-electron chi connectivity index (χ1n) is 5.97. The van der Waals surface area contributed by atoms with Gasteiger partial charge in [-0.3, -0.25) is 0 Å². The standard InChI is InChI=1S/C12H21NO3/c1-3-5-8-16-12(14)9-6-7-10(11(9)13)15-4-2/h10H,3-8,13H2,1-2H3. The van der Waals surface area contributed by atoms with Gasteiger partial charge in [-0.05, 0) is 26.2 Å². The van der Waals surface area contributed by atoms with Gasteiger partial charge in [0.05, 0.1) is 18.3 Å².